The van der Waals surface area contributed by atoms with Crippen LogP contribution in [-0.2, 0) is 20.5 Å². The first-order valence-electron chi connectivity index (χ1n) is 5.20. The van der Waals surface area contributed by atoms with E-state index in [0.717, 1.165) is 11.1 Å². The summed E-state index contributed by atoms with van der Waals surface area (Å²) >= 11 is 0. The number of ether oxygens (including phenoxy) is 1. The third kappa shape index (κ3) is 2.42. The molecule has 0 unspecified atom stereocenters. The SMILES string of the molecule is Cc1ccccc1CS(=O)(=O)N1CCOC1. The van der Waals surface area contributed by atoms with Gasteiger partial charge in [-0.15, -0.1) is 0 Å². The minimum atomic E-state index is -3.23. The summed E-state index contributed by atoms with van der Waals surface area (Å²) in [6.07, 6.45) is 0. The van der Waals surface area contributed by atoms with E-state index in [2.05, 4.69) is 0 Å². The summed E-state index contributed by atoms with van der Waals surface area (Å²) in [4.78, 5) is 0. The predicted molar refractivity (Wildman–Crippen MR) is 61.3 cm³/mol. The van der Waals surface area contributed by atoms with Crippen molar-refractivity contribution in [3.8, 4) is 0 Å². The number of benzene rings is 1. The molecule has 2 rings (SSSR count). The third-order valence-electron chi connectivity index (χ3n) is 2.71. The highest BCUT2D eigenvalue weighted by Gasteiger charge is 2.26. The van der Waals surface area contributed by atoms with Gasteiger partial charge in [0.05, 0.1) is 12.4 Å². The number of nitrogens with zero attached hydrogens (tertiary/aromatic N) is 1. The standard InChI is InChI=1S/C11H15NO3S/c1-10-4-2-3-5-11(10)8-16(13,14)12-6-7-15-9-12/h2-5H,6-9H2,1H3. The number of rotatable bonds is 3. The van der Waals surface area contributed by atoms with E-state index in [1.54, 1.807) is 0 Å². The van der Waals surface area contributed by atoms with Crippen molar-refractivity contribution < 1.29 is 13.2 Å². The smallest absolute Gasteiger partial charge is 0.220 e. The predicted octanol–water partition coefficient (Wildman–Crippen LogP) is 1.11. The van der Waals surface area contributed by atoms with Crippen molar-refractivity contribution in [3.63, 3.8) is 0 Å². The van der Waals surface area contributed by atoms with Gasteiger partial charge in [-0.25, -0.2) is 8.42 Å². The zero-order chi connectivity index (χ0) is 11.6. The fourth-order valence-electron chi connectivity index (χ4n) is 1.68. The van der Waals surface area contributed by atoms with Crippen LogP contribution in [0.4, 0.5) is 0 Å². The fraction of sp³-hybridized carbons (Fsp3) is 0.455. The monoisotopic (exact) mass is 241 g/mol. The summed E-state index contributed by atoms with van der Waals surface area (Å²) in [7, 11) is -3.23. The molecule has 0 spiro atoms. The van der Waals surface area contributed by atoms with Gasteiger partial charge in [0.1, 0.15) is 6.73 Å². The van der Waals surface area contributed by atoms with Crippen LogP contribution in [0.1, 0.15) is 11.1 Å². The van der Waals surface area contributed by atoms with E-state index >= 15 is 0 Å². The van der Waals surface area contributed by atoms with E-state index in [9.17, 15) is 8.42 Å². The van der Waals surface area contributed by atoms with Gasteiger partial charge < -0.3 is 4.74 Å². The Balaban J connectivity index is 2.18. The molecule has 0 aliphatic carbocycles. The second kappa shape index (κ2) is 4.53. The molecule has 4 nitrogen and oxygen atoms in total. The van der Waals surface area contributed by atoms with Gasteiger partial charge in [-0.3, -0.25) is 0 Å². The molecule has 1 heterocycles. The third-order valence-corrected chi connectivity index (χ3v) is 4.46. The molecule has 0 bridgehead atoms. The van der Waals surface area contributed by atoms with Crippen LogP contribution in [0.15, 0.2) is 24.3 Å². The van der Waals surface area contributed by atoms with Crippen LogP contribution in [0, 0.1) is 6.92 Å². The molecular weight excluding hydrogens is 226 g/mol. The lowest BCUT2D eigenvalue weighted by Crippen LogP contribution is -2.29. The molecule has 1 fully saturated rings. The molecule has 0 N–H and O–H groups in total. The van der Waals surface area contributed by atoms with Crippen LogP contribution in [0.2, 0.25) is 0 Å². The van der Waals surface area contributed by atoms with E-state index in [-0.39, 0.29) is 12.5 Å². The average Bonchev–Trinajstić information content (AvgIpc) is 2.75. The lowest BCUT2D eigenvalue weighted by atomic mass is 10.1. The first kappa shape index (κ1) is 11.6. The summed E-state index contributed by atoms with van der Waals surface area (Å²) < 4.78 is 30.4. The minimum absolute atomic E-state index is 0.0586. The number of aryl methyl sites for hydroxylation is 1. The molecule has 0 saturated carbocycles. The van der Waals surface area contributed by atoms with Crippen molar-refractivity contribution in [2.75, 3.05) is 19.9 Å². The Hall–Kier alpha value is -0.910. The molecule has 88 valence electrons. The van der Waals surface area contributed by atoms with Gasteiger partial charge in [-0.1, -0.05) is 24.3 Å². The molecular formula is C11H15NO3S. The van der Waals surface area contributed by atoms with Crippen molar-refractivity contribution in [1.82, 2.24) is 4.31 Å². The molecule has 16 heavy (non-hydrogen) atoms. The molecule has 1 aliphatic rings. The second-order valence-electron chi connectivity index (χ2n) is 3.90. The molecule has 1 aromatic carbocycles. The molecule has 0 aromatic heterocycles. The van der Waals surface area contributed by atoms with Crippen molar-refractivity contribution in [1.29, 1.82) is 0 Å². The maximum Gasteiger partial charge on any atom is 0.220 e. The van der Waals surface area contributed by atoms with E-state index in [1.165, 1.54) is 4.31 Å². The summed E-state index contributed by atoms with van der Waals surface area (Å²) in [6, 6.07) is 7.54. The summed E-state index contributed by atoms with van der Waals surface area (Å²) in [6.45, 7) is 3.07. The van der Waals surface area contributed by atoms with Gasteiger partial charge in [-0.2, -0.15) is 4.31 Å². The summed E-state index contributed by atoms with van der Waals surface area (Å²) in [5.74, 6) is 0.0586. The van der Waals surface area contributed by atoms with Crippen molar-refractivity contribution >= 4 is 10.0 Å². The van der Waals surface area contributed by atoms with Gasteiger partial charge >= 0.3 is 0 Å². The van der Waals surface area contributed by atoms with Gasteiger partial charge in [0.15, 0.2) is 0 Å². The van der Waals surface area contributed by atoms with E-state index in [4.69, 9.17) is 4.74 Å². The second-order valence-corrected chi connectivity index (χ2v) is 5.86. The van der Waals surface area contributed by atoms with Crippen LogP contribution >= 0.6 is 0 Å². The summed E-state index contributed by atoms with van der Waals surface area (Å²) in [5, 5.41) is 0. The number of hydrogen-bond acceptors (Lipinski definition) is 3. The number of hydrogen-bond donors (Lipinski definition) is 0. The van der Waals surface area contributed by atoms with Crippen LogP contribution in [0.25, 0.3) is 0 Å². The molecule has 0 amide bonds. The Labute approximate surface area is 95.9 Å². The van der Waals surface area contributed by atoms with Gasteiger partial charge in [-0.05, 0) is 18.1 Å². The molecule has 1 aliphatic heterocycles. The Morgan fingerprint density at radius 2 is 2.12 bits per heavy atom. The van der Waals surface area contributed by atoms with Gasteiger partial charge in [0, 0.05) is 6.54 Å². The molecule has 1 saturated heterocycles. The topological polar surface area (TPSA) is 46.6 Å². The van der Waals surface area contributed by atoms with E-state index in [1.807, 2.05) is 31.2 Å². The first-order chi connectivity index (χ1) is 7.59. The fourth-order valence-corrected chi connectivity index (χ4v) is 3.16. The molecule has 0 radical (unpaired) electrons. The highest BCUT2D eigenvalue weighted by atomic mass is 32.2. The lowest BCUT2D eigenvalue weighted by Gasteiger charge is -2.14. The Bertz CT molecular complexity index is 464. The zero-order valence-corrected chi connectivity index (χ0v) is 10.0. The normalized spacial score (nSPS) is 17.8. The lowest BCUT2D eigenvalue weighted by molar-refractivity contribution is 0.172. The molecule has 5 heteroatoms. The Kier molecular flexibility index (Phi) is 3.28. The average molecular weight is 241 g/mol. The highest BCUT2D eigenvalue weighted by molar-refractivity contribution is 7.88. The largest absolute Gasteiger partial charge is 0.364 e. The van der Waals surface area contributed by atoms with Crippen LogP contribution in [-0.4, -0.2) is 32.6 Å². The first-order valence-corrected chi connectivity index (χ1v) is 6.80. The Morgan fingerprint density at radius 3 is 2.75 bits per heavy atom. The van der Waals surface area contributed by atoms with Crippen LogP contribution in [0.3, 0.4) is 0 Å². The quantitative estimate of drug-likeness (QED) is 0.796. The zero-order valence-electron chi connectivity index (χ0n) is 9.22. The number of sulfonamides is 1. The minimum Gasteiger partial charge on any atom is -0.364 e. The van der Waals surface area contributed by atoms with Crippen molar-refractivity contribution in [2.45, 2.75) is 12.7 Å². The molecule has 0 atom stereocenters. The van der Waals surface area contributed by atoms with E-state index in [0.29, 0.717) is 13.2 Å². The van der Waals surface area contributed by atoms with Crippen molar-refractivity contribution in [3.05, 3.63) is 35.4 Å². The van der Waals surface area contributed by atoms with E-state index < -0.39 is 10.0 Å². The maximum atomic E-state index is 12.0. The van der Waals surface area contributed by atoms with Crippen LogP contribution in [0.5, 0.6) is 0 Å². The van der Waals surface area contributed by atoms with Crippen LogP contribution < -0.4 is 0 Å². The molecule has 1 aromatic rings. The summed E-state index contributed by atoms with van der Waals surface area (Å²) in [5.41, 5.74) is 1.86. The maximum absolute atomic E-state index is 12.0. The van der Waals surface area contributed by atoms with Gasteiger partial charge in [0.25, 0.3) is 0 Å². The van der Waals surface area contributed by atoms with Crippen molar-refractivity contribution in [2.24, 2.45) is 0 Å². The highest BCUT2D eigenvalue weighted by Crippen LogP contribution is 2.16. The Morgan fingerprint density at radius 1 is 1.38 bits per heavy atom. The van der Waals surface area contributed by atoms with Gasteiger partial charge in [0.2, 0.25) is 10.0 Å².